The van der Waals surface area contributed by atoms with Gasteiger partial charge in [-0.15, -0.1) is 24.0 Å². The largest absolute Gasteiger partial charge is 0.490 e. The zero-order chi connectivity index (χ0) is 20.0. The van der Waals surface area contributed by atoms with Gasteiger partial charge in [0.05, 0.1) is 19.3 Å². The first-order chi connectivity index (χ1) is 13.7. The Bertz CT molecular complexity index is 594. The summed E-state index contributed by atoms with van der Waals surface area (Å²) in [6.45, 7) is 9.09. The molecular weight excluding hydrogens is 483 g/mol. The molecule has 1 aromatic rings. The molecular formula is C20H35IN6O2. The fourth-order valence-electron chi connectivity index (χ4n) is 3.03. The maximum absolute atomic E-state index is 11.9. The van der Waals surface area contributed by atoms with Crippen molar-refractivity contribution in [2.75, 3.05) is 45.9 Å². The van der Waals surface area contributed by atoms with Crippen LogP contribution in [0.15, 0.2) is 29.5 Å². The number of aromatic nitrogens is 1. The van der Waals surface area contributed by atoms with Crippen LogP contribution in [0.3, 0.4) is 0 Å². The second-order valence-corrected chi connectivity index (χ2v) is 6.84. The molecule has 8 nitrogen and oxygen atoms in total. The molecule has 0 saturated carbocycles. The van der Waals surface area contributed by atoms with Crippen molar-refractivity contribution in [2.24, 2.45) is 4.99 Å². The molecule has 0 radical (unpaired) electrons. The van der Waals surface area contributed by atoms with Gasteiger partial charge in [0.25, 0.3) is 0 Å². The van der Waals surface area contributed by atoms with Gasteiger partial charge in [0, 0.05) is 38.4 Å². The first-order valence-corrected chi connectivity index (χ1v) is 10.3. The van der Waals surface area contributed by atoms with E-state index in [2.05, 4.69) is 44.7 Å². The lowest BCUT2D eigenvalue weighted by atomic mass is 10.1. The van der Waals surface area contributed by atoms with Gasteiger partial charge in [0.15, 0.2) is 5.96 Å². The van der Waals surface area contributed by atoms with Crippen LogP contribution in [0.1, 0.15) is 33.1 Å². The van der Waals surface area contributed by atoms with Crippen LogP contribution in [-0.2, 0) is 4.79 Å². The number of likely N-dealkylation sites (tertiary alicyclic amines) is 1. The minimum atomic E-state index is 0. The van der Waals surface area contributed by atoms with Gasteiger partial charge in [0.1, 0.15) is 12.4 Å². The van der Waals surface area contributed by atoms with E-state index in [-0.39, 0.29) is 29.9 Å². The fourth-order valence-corrected chi connectivity index (χ4v) is 3.03. The highest BCUT2D eigenvalue weighted by atomic mass is 127. The number of guanidine groups is 1. The Morgan fingerprint density at radius 2 is 2.10 bits per heavy atom. The van der Waals surface area contributed by atoms with Crippen LogP contribution in [0.2, 0.25) is 0 Å². The van der Waals surface area contributed by atoms with Crippen molar-refractivity contribution in [3.8, 4) is 5.75 Å². The number of ether oxygens (including phenoxy) is 1. The summed E-state index contributed by atoms with van der Waals surface area (Å²) < 4.78 is 5.63. The number of pyridine rings is 1. The minimum absolute atomic E-state index is 0. The molecule has 1 fully saturated rings. The van der Waals surface area contributed by atoms with Crippen molar-refractivity contribution in [2.45, 2.75) is 39.2 Å². The molecule has 1 aromatic heterocycles. The third-order valence-electron chi connectivity index (χ3n) is 4.48. The summed E-state index contributed by atoms with van der Waals surface area (Å²) in [7, 11) is 0. The normalized spacial score (nSPS) is 15.3. The molecule has 0 atom stereocenters. The van der Waals surface area contributed by atoms with E-state index >= 15 is 0 Å². The Morgan fingerprint density at radius 3 is 2.76 bits per heavy atom. The van der Waals surface area contributed by atoms with E-state index in [1.165, 1.54) is 0 Å². The topological polar surface area (TPSA) is 90.9 Å². The maximum Gasteiger partial charge on any atom is 0.234 e. The van der Waals surface area contributed by atoms with Crippen molar-refractivity contribution < 1.29 is 9.53 Å². The van der Waals surface area contributed by atoms with Gasteiger partial charge in [-0.05, 0) is 38.3 Å². The van der Waals surface area contributed by atoms with E-state index in [0.717, 1.165) is 57.2 Å². The monoisotopic (exact) mass is 518 g/mol. The van der Waals surface area contributed by atoms with Gasteiger partial charge in [-0.25, -0.2) is 4.99 Å². The third-order valence-corrected chi connectivity index (χ3v) is 4.48. The van der Waals surface area contributed by atoms with Crippen molar-refractivity contribution in [1.29, 1.82) is 0 Å². The summed E-state index contributed by atoms with van der Waals surface area (Å²) in [6.07, 6.45) is 6.39. The highest BCUT2D eigenvalue weighted by Crippen LogP contribution is 2.10. The number of hydrogen-bond acceptors (Lipinski definition) is 5. The molecule has 164 valence electrons. The summed E-state index contributed by atoms with van der Waals surface area (Å²) in [5.41, 5.74) is 0. The molecule has 0 spiro atoms. The van der Waals surface area contributed by atoms with Crippen LogP contribution < -0.4 is 20.7 Å². The van der Waals surface area contributed by atoms with Crippen LogP contribution in [0, 0.1) is 0 Å². The predicted molar refractivity (Wildman–Crippen MR) is 127 cm³/mol. The predicted octanol–water partition coefficient (Wildman–Crippen LogP) is 1.62. The van der Waals surface area contributed by atoms with Crippen LogP contribution in [0.4, 0.5) is 0 Å². The van der Waals surface area contributed by atoms with Crippen LogP contribution >= 0.6 is 24.0 Å². The van der Waals surface area contributed by atoms with Gasteiger partial charge < -0.3 is 20.7 Å². The smallest absolute Gasteiger partial charge is 0.234 e. The molecule has 3 N–H and O–H groups in total. The summed E-state index contributed by atoms with van der Waals surface area (Å²) >= 11 is 0. The Hall–Kier alpha value is -1.62. The van der Waals surface area contributed by atoms with Gasteiger partial charge in [-0.2, -0.15) is 0 Å². The van der Waals surface area contributed by atoms with Crippen molar-refractivity contribution in [3.05, 3.63) is 24.5 Å². The lowest BCUT2D eigenvalue weighted by Crippen LogP contribution is -2.50. The fraction of sp³-hybridized carbons (Fsp3) is 0.650. The summed E-state index contributed by atoms with van der Waals surface area (Å²) in [4.78, 5) is 22.7. The number of amides is 1. The summed E-state index contributed by atoms with van der Waals surface area (Å²) in [5.74, 6) is 1.69. The third kappa shape index (κ3) is 10.6. The van der Waals surface area contributed by atoms with E-state index in [9.17, 15) is 4.79 Å². The molecule has 1 amide bonds. The number of nitrogens with zero attached hydrogens (tertiary/aromatic N) is 3. The zero-order valence-electron chi connectivity index (χ0n) is 17.5. The van der Waals surface area contributed by atoms with E-state index in [1.807, 2.05) is 12.1 Å². The van der Waals surface area contributed by atoms with E-state index in [0.29, 0.717) is 25.7 Å². The van der Waals surface area contributed by atoms with E-state index in [1.54, 1.807) is 12.4 Å². The molecule has 2 rings (SSSR count). The number of rotatable bonds is 10. The first-order valence-electron chi connectivity index (χ1n) is 10.3. The van der Waals surface area contributed by atoms with Crippen molar-refractivity contribution in [1.82, 2.24) is 25.8 Å². The summed E-state index contributed by atoms with van der Waals surface area (Å²) in [5, 5.41) is 9.74. The Kier molecular flexibility index (Phi) is 13.4. The second-order valence-electron chi connectivity index (χ2n) is 6.84. The molecule has 0 bridgehead atoms. The van der Waals surface area contributed by atoms with Gasteiger partial charge >= 0.3 is 0 Å². The van der Waals surface area contributed by atoms with Crippen LogP contribution in [-0.4, -0.2) is 73.7 Å². The van der Waals surface area contributed by atoms with Crippen molar-refractivity contribution >= 4 is 35.8 Å². The Labute approximate surface area is 191 Å². The van der Waals surface area contributed by atoms with Crippen LogP contribution in [0.5, 0.6) is 5.75 Å². The number of halogens is 1. The maximum atomic E-state index is 11.9. The SMILES string of the molecule is CCCNC(=O)CN1CCC(NC(=NCCOc2cccnc2)NCC)CC1.I. The lowest BCUT2D eigenvalue weighted by Gasteiger charge is -2.32. The molecule has 1 aliphatic heterocycles. The number of nitrogens with one attached hydrogen (secondary N) is 3. The molecule has 0 unspecified atom stereocenters. The number of hydrogen-bond donors (Lipinski definition) is 3. The van der Waals surface area contributed by atoms with Gasteiger partial charge in [-0.1, -0.05) is 6.92 Å². The average Bonchev–Trinajstić information content (AvgIpc) is 2.72. The Morgan fingerprint density at radius 1 is 1.31 bits per heavy atom. The molecule has 9 heteroatoms. The summed E-state index contributed by atoms with van der Waals surface area (Å²) in [6, 6.07) is 4.10. The molecule has 0 aromatic carbocycles. The standard InChI is InChI=1S/C20H34N6O2.HI/c1-3-9-23-19(27)16-26-12-7-17(8-13-26)25-20(22-4-2)24-11-14-28-18-6-5-10-21-15-18;/h5-6,10,15,17H,3-4,7-9,11-14,16H2,1-2H3,(H,23,27)(H2,22,24,25);1H. The zero-order valence-corrected chi connectivity index (χ0v) is 19.9. The highest BCUT2D eigenvalue weighted by molar-refractivity contribution is 14.0. The van der Waals surface area contributed by atoms with E-state index in [4.69, 9.17) is 4.74 Å². The molecule has 0 aliphatic carbocycles. The Balaban J connectivity index is 0.00000420. The van der Waals surface area contributed by atoms with E-state index < -0.39 is 0 Å². The minimum Gasteiger partial charge on any atom is -0.490 e. The molecule has 29 heavy (non-hydrogen) atoms. The number of aliphatic imine (C=N–C) groups is 1. The molecule has 1 saturated heterocycles. The number of carbonyl (C=O) groups is 1. The van der Waals surface area contributed by atoms with Crippen LogP contribution in [0.25, 0.3) is 0 Å². The second kappa shape index (κ2) is 15.3. The quantitative estimate of drug-likeness (QED) is 0.189. The average molecular weight is 518 g/mol. The first kappa shape index (κ1) is 25.4. The van der Waals surface area contributed by atoms with Gasteiger partial charge in [-0.3, -0.25) is 14.7 Å². The number of carbonyl (C=O) groups excluding carboxylic acids is 1. The molecule has 2 heterocycles. The van der Waals surface area contributed by atoms with Crippen molar-refractivity contribution in [3.63, 3.8) is 0 Å². The molecule has 1 aliphatic rings. The highest BCUT2D eigenvalue weighted by Gasteiger charge is 2.21. The lowest BCUT2D eigenvalue weighted by molar-refractivity contribution is -0.122. The van der Waals surface area contributed by atoms with Gasteiger partial charge in [0.2, 0.25) is 5.91 Å². The number of piperidine rings is 1.